The lowest BCUT2D eigenvalue weighted by molar-refractivity contribution is 0.600. The van der Waals surface area contributed by atoms with Crippen molar-refractivity contribution in [2.45, 2.75) is 24.2 Å². The summed E-state index contributed by atoms with van der Waals surface area (Å²) in [6, 6.07) is 6.68. The second kappa shape index (κ2) is 5.20. The molecule has 0 saturated carbocycles. The molecule has 7 heteroatoms. The highest BCUT2D eigenvalue weighted by Crippen LogP contribution is 2.26. The molecule has 1 aliphatic carbocycles. The summed E-state index contributed by atoms with van der Waals surface area (Å²) in [5.41, 5.74) is 2.44. The molecule has 1 aliphatic rings. The molecule has 110 valence electrons. The SMILES string of the molecule is O=c1[nH]cc(S(=O)(=O)Nc2ccc3c(c2)CCC3)cc1Cl. The average Bonchev–Trinajstić information content (AvgIpc) is 2.88. The van der Waals surface area contributed by atoms with Crippen LogP contribution in [0.25, 0.3) is 0 Å². The topological polar surface area (TPSA) is 79.0 Å². The standard InChI is InChI=1S/C14H13ClN2O3S/c15-13-7-12(8-16-14(13)18)21(19,20)17-11-5-4-9-2-1-3-10(9)6-11/h4-8,17H,1-3H2,(H,16,18). The van der Waals surface area contributed by atoms with Gasteiger partial charge in [-0.1, -0.05) is 17.7 Å². The van der Waals surface area contributed by atoms with Gasteiger partial charge in [0.05, 0.1) is 0 Å². The number of anilines is 1. The van der Waals surface area contributed by atoms with E-state index in [1.807, 2.05) is 12.1 Å². The van der Waals surface area contributed by atoms with Crippen molar-refractivity contribution in [3.05, 3.63) is 57.0 Å². The second-order valence-corrected chi connectivity index (χ2v) is 7.04. The molecule has 0 bridgehead atoms. The van der Waals surface area contributed by atoms with E-state index in [-0.39, 0.29) is 9.92 Å². The minimum absolute atomic E-state index is 0.0763. The van der Waals surface area contributed by atoms with E-state index >= 15 is 0 Å². The Hall–Kier alpha value is -1.79. The molecule has 1 aromatic carbocycles. The molecule has 5 nitrogen and oxygen atoms in total. The third kappa shape index (κ3) is 2.82. The number of nitrogens with one attached hydrogen (secondary N) is 2. The number of halogens is 1. The van der Waals surface area contributed by atoms with Gasteiger partial charge in [0, 0.05) is 11.9 Å². The van der Waals surface area contributed by atoms with Gasteiger partial charge in [-0.3, -0.25) is 9.52 Å². The van der Waals surface area contributed by atoms with Gasteiger partial charge in [0.15, 0.2) is 0 Å². The van der Waals surface area contributed by atoms with E-state index in [1.165, 1.54) is 11.1 Å². The summed E-state index contributed by atoms with van der Waals surface area (Å²) >= 11 is 5.66. The molecule has 0 unspecified atom stereocenters. The lowest BCUT2D eigenvalue weighted by atomic mass is 10.1. The van der Waals surface area contributed by atoms with Crippen LogP contribution in [0.4, 0.5) is 5.69 Å². The molecule has 1 heterocycles. The highest BCUT2D eigenvalue weighted by molar-refractivity contribution is 7.92. The minimum atomic E-state index is -3.77. The number of aromatic nitrogens is 1. The number of benzene rings is 1. The van der Waals surface area contributed by atoms with Crippen LogP contribution < -0.4 is 10.3 Å². The van der Waals surface area contributed by atoms with Gasteiger partial charge in [-0.15, -0.1) is 0 Å². The third-order valence-electron chi connectivity index (χ3n) is 3.49. The molecule has 0 atom stereocenters. The first-order valence-electron chi connectivity index (χ1n) is 6.48. The van der Waals surface area contributed by atoms with Crippen molar-refractivity contribution in [3.63, 3.8) is 0 Å². The molecular formula is C14H13ClN2O3S. The monoisotopic (exact) mass is 324 g/mol. The van der Waals surface area contributed by atoms with Gasteiger partial charge in [0.25, 0.3) is 15.6 Å². The van der Waals surface area contributed by atoms with Gasteiger partial charge in [0.2, 0.25) is 0 Å². The molecule has 0 spiro atoms. The Morgan fingerprint density at radius 3 is 2.67 bits per heavy atom. The second-order valence-electron chi connectivity index (χ2n) is 4.95. The van der Waals surface area contributed by atoms with Crippen molar-refractivity contribution in [1.82, 2.24) is 4.98 Å². The molecule has 0 fully saturated rings. The summed E-state index contributed by atoms with van der Waals surface area (Å²) < 4.78 is 27.0. The van der Waals surface area contributed by atoms with Crippen LogP contribution in [0.1, 0.15) is 17.5 Å². The molecular weight excluding hydrogens is 312 g/mol. The van der Waals surface area contributed by atoms with Crippen LogP contribution in [0, 0.1) is 0 Å². The number of aryl methyl sites for hydroxylation is 2. The molecule has 0 aliphatic heterocycles. The summed E-state index contributed by atoms with van der Waals surface area (Å²) in [5.74, 6) is 0. The number of hydrogen-bond acceptors (Lipinski definition) is 3. The number of aromatic amines is 1. The first-order chi connectivity index (χ1) is 9.95. The Kier molecular flexibility index (Phi) is 3.51. The zero-order chi connectivity index (χ0) is 15.0. The largest absolute Gasteiger partial charge is 0.326 e. The van der Waals surface area contributed by atoms with Crippen molar-refractivity contribution >= 4 is 27.3 Å². The van der Waals surface area contributed by atoms with Crippen LogP contribution >= 0.6 is 11.6 Å². The van der Waals surface area contributed by atoms with Gasteiger partial charge < -0.3 is 4.98 Å². The van der Waals surface area contributed by atoms with Crippen LogP contribution in [0.15, 0.2) is 40.2 Å². The zero-order valence-electron chi connectivity index (χ0n) is 11.0. The van der Waals surface area contributed by atoms with E-state index in [1.54, 1.807) is 6.07 Å². The van der Waals surface area contributed by atoms with E-state index in [4.69, 9.17) is 11.6 Å². The average molecular weight is 325 g/mol. The van der Waals surface area contributed by atoms with Gasteiger partial charge in [-0.25, -0.2) is 8.42 Å². The Morgan fingerprint density at radius 1 is 1.14 bits per heavy atom. The number of pyridine rings is 1. The quantitative estimate of drug-likeness (QED) is 0.909. The van der Waals surface area contributed by atoms with Crippen LogP contribution in [-0.4, -0.2) is 13.4 Å². The number of H-pyrrole nitrogens is 1. The maximum atomic E-state index is 12.3. The van der Waals surface area contributed by atoms with E-state index in [0.717, 1.165) is 31.5 Å². The first kappa shape index (κ1) is 14.2. The number of hydrogen-bond donors (Lipinski definition) is 2. The van der Waals surface area contributed by atoms with E-state index < -0.39 is 15.6 Å². The lowest BCUT2D eigenvalue weighted by Crippen LogP contribution is -2.16. The Labute approximate surface area is 127 Å². The molecule has 0 radical (unpaired) electrons. The fourth-order valence-electron chi connectivity index (χ4n) is 2.44. The van der Waals surface area contributed by atoms with Crippen molar-refractivity contribution in [2.24, 2.45) is 0 Å². The highest BCUT2D eigenvalue weighted by atomic mass is 35.5. The summed E-state index contributed by atoms with van der Waals surface area (Å²) in [7, 11) is -3.77. The summed E-state index contributed by atoms with van der Waals surface area (Å²) in [6.07, 6.45) is 4.23. The van der Waals surface area contributed by atoms with Crippen LogP contribution in [-0.2, 0) is 22.9 Å². The maximum absolute atomic E-state index is 12.3. The summed E-state index contributed by atoms with van der Waals surface area (Å²) in [6.45, 7) is 0. The van der Waals surface area contributed by atoms with E-state index in [9.17, 15) is 13.2 Å². The molecule has 0 amide bonds. The molecule has 3 rings (SSSR count). The maximum Gasteiger partial charge on any atom is 0.266 e. The number of rotatable bonds is 3. The zero-order valence-corrected chi connectivity index (χ0v) is 12.6. The van der Waals surface area contributed by atoms with E-state index in [0.29, 0.717) is 5.69 Å². The van der Waals surface area contributed by atoms with Crippen molar-refractivity contribution in [1.29, 1.82) is 0 Å². The normalized spacial score (nSPS) is 14.0. The summed E-state index contributed by atoms with van der Waals surface area (Å²) in [4.78, 5) is 13.4. The van der Waals surface area contributed by atoms with Gasteiger partial charge in [-0.05, 0) is 48.6 Å². The van der Waals surface area contributed by atoms with Crippen LogP contribution in [0.3, 0.4) is 0 Å². The number of sulfonamides is 1. The van der Waals surface area contributed by atoms with Gasteiger partial charge in [-0.2, -0.15) is 0 Å². The smallest absolute Gasteiger partial charge is 0.266 e. The fourth-order valence-corrected chi connectivity index (χ4v) is 3.72. The van der Waals surface area contributed by atoms with Crippen LogP contribution in [0.5, 0.6) is 0 Å². The fraction of sp³-hybridized carbons (Fsp3) is 0.214. The van der Waals surface area contributed by atoms with Gasteiger partial charge in [0.1, 0.15) is 9.92 Å². The highest BCUT2D eigenvalue weighted by Gasteiger charge is 2.17. The Bertz CT molecular complexity index is 859. The molecule has 2 N–H and O–H groups in total. The first-order valence-corrected chi connectivity index (χ1v) is 8.35. The van der Waals surface area contributed by atoms with Crippen molar-refractivity contribution in [3.8, 4) is 0 Å². The number of fused-ring (bicyclic) bond motifs is 1. The Balaban J connectivity index is 1.92. The molecule has 21 heavy (non-hydrogen) atoms. The third-order valence-corrected chi connectivity index (χ3v) is 5.13. The van der Waals surface area contributed by atoms with Crippen molar-refractivity contribution < 1.29 is 8.42 Å². The molecule has 2 aromatic rings. The Morgan fingerprint density at radius 2 is 1.90 bits per heavy atom. The molecule has 0 saturated heterocycles. The lowest BCUT2D eigenvalue weighted by Gasteiger charge is -2.09. The van der Waals surface area contributed by atoms with Gasteiger partial charge >= 0.3 is 0 Å². The summed E-state index contributed by atoms with van der Waals surface area (Å²) in [5, 5.41) is -0.160. The predicted molar refractivity (Wildman–Crippen MR) is 81.3 cm³/mol. The van der Waals surface area contributed by atoms with Crippen molar-refractivity contribution in [2.75, 3.05) is 4.72 Å². The molecule has 1 aromatic heterocycles. The van der Waals surface area contributed by atoms with Crippen LogP contribution in [0.2, 0.25) is 5.02 Å². The minimum Gasteiger partial charge on any atom is -0.326 e. The van der Waals surface area contributed by atoms with E-state index in [2.05, 4.69) is 9.71 Å². The predicted octanol–water partition coefficient (Wildman–Crippen LogP) is 2.32.